The van der Waals surface area contributed by atoms with Crippen LogP contribution < -0.4 is 10.6 Å². The Balaban J connectivity index is 1.83. The number of nitrogens with zero attached hydrogens (tertiary/aromatic N) is 2. The van der Waals surface area contributed by atoms with Crippen molar-refractivity contribution in [2.75, 3.05) is 17.7 Å². The van der Waals surface area contributed by atoms with Crippen molar-refractivity contribution in [3.05, 3.63) is 33.8 Å². The van der Waals surface area contributed by atoms with Gasteiger partial charge in [-0.15, -0.1) is 11.3 Å². The zero-order chi connectivity index (χ0) is 14.7. The number of nitrogens with one attached hydrogen (secondary N) is 2. The zero-order valence-electron chi connectivity index (χ0n) is 12.6. The molecule has 2 N–H and O–H groups in total. The average Bonchev–Trinajstić information content (AvgIpc) is 2.97. The van der Waals surface area contributed by atoms with Crippen molar-refractivity contribution in [2.45, 2.75) is 45.1 Å². The van der Waals surface area contributed by atoms with E-state index in [0.29, 0.717) is 6.04 Å². The van der Waals surface area contributed by atoms with E-state index in [1.54, 1.807) is 0 Å². The molecule has 0 bridgehead atoms. The highest BCUT2D eigenvalue weighted by molar-refractivity contribution is 7.10. The van der Waals surface area contributed by atoms with Gasteiger partial charge in [0, 0.05) is 24.4 Å². The molecule has 0 fully saturated rings. The minimum absolute atomic E-state index is 0.383. The number of hydrogen-bond donors (Lipinski definition) is 2. The first-order chi connectivity index (χ1) is 10.3. The van der Waals surface area contributed by atoms with E-state index in [0.717, 1.165) is 30.3 Å². The van der Waals surface area contributed by atoms with Crippen LogP contribution in [0.1, 0.15) is 48.5 Å². The predicted octanol–water partition coefficient (Wildman–Crippen LogP) is 4.02. The Kier molecular flexibility index (Phi) is 4.39. The number of hydrogen-bond acceptors (Lipinski definition) is 5. The number of thiophene rings is 1. The van der Waals surface area contributed by atoms with Gasteiger partial charge in [-0.05, 0) is 42.7 Å². The maximum Gasteiger partial charge on any atom is 0.133 e. The molecule has 0 saturated carbocycles. The number of fused-ring (bicyclic) bond motifs is 1. The molecule has 5 heteroatoms. The summed E-state index contributed by atoms with van der Waals surface area (Å²) >= 11 is 1.87. The Morgan fingerprint density at radius 2 is 2.19 bits per heavy atom. The van der Waals surface area contributed by atoms with Crippen LogP contribution in [0.3, 0.4) is 0 Å². The SMILES string of the molecule is CCCc1nc(NC)cc(NC2CCCc3sccc32)n1. The quantitative estimate of drug-likeness (QED) is 0.876. The summed E-state index contributed by atoms with van der Waals surface area (Å²) in [6.45, 7) is 2.15. The maximum atomic E-state index is 4.66. The van der Waals surface area contributed by atoms with Gasteiger partial charge in [-0.1, -0.05) is 6.92 Å². The first-order valence-corrected chi connectivity index (χ1v) is 8.56. The molecule has 2 heterocycles. The molecule has 0 aliphatic heterocycles. The van der Waals surface area contributed by atoms with Gasteiger partial charge in [-0.3, -0.25) is 0 Å². The standard InChI is InChI=1S/C16H22N4S/c1-3-5-14-19-15(17-2)10-16(20-14)18-12-6-4-7-13-11(12)8-9-21-13/h8-10,12H,3-7H2,1-2H3,(H2,17,18,19,20). The monoisotopic (exact) mass is 302 g/mol. The Labute approximate surface area is 130 Å². The molecule has 1 aliphatic rings. The normalized spacial score (nSPS) is 17.3. The van der Waals surface area contributed by atoms with Crippen molar-refractivity contribution in [1.82, 2.24) is 9.97 Å². The van der Waals surface area contributed by atoms with Crippen molar-refractivity contribution in [3.8, 4) is 0 Å². The minimum atomic E-state index is 0.383. The zero-order valence-corrected chi connectivity index (χ0v) is 13.5. The lowest BCUT2D eigenvalue weighted by molar-refractivity contribution is 0.606. The fraction of sp³-hybridized carbons (Fsp3) is 0.500. The summed E-state index contributed by atoms with van der Waals surface area (Å²) < 4.78 is 0. The van der Waals surface area contributed by atoms with Crippen LogP contribution in [-0.2, 0) is 12.8 Å². The molecule has 0 amide bonds. The average molecular weight is 302 g/mol. The Bertz CT molecular complexity index is 608. The van der Waals surface area contributed by atoms with Crippen LogP contribution in [0, 0.1) is 0 Å². The highest BCUT2D eigenvalue weighted by atomic mass is 32.1. The van der Waals surface area contributed by atoms with Crippen molar-refractivity contribution < 1.29 is 0 Å². The third-order valence-electron chi connectivity index (χ3n) is 3.88. The van der Waals surface area contributed by atoms with Crippen LogP contribution in [0.2, 0.25) is 0 Å². The summed E-state index contributed by atoms with van der Waals surface area (Å²) in [7, 11) is 1.90. The first-order valence-electron chi connectivity index (χ1n) is 7.68. The van der Waals surface area contributed by atoms with E-state index in [9.17, 15) is 0 Å². The van der Waals surface area contributed by atoms with Crippen LogP contribution in [0.5, 0.6) is 0 Å². The van der Waals surface area contributed by atoms with Crippen LogP contribution >= 0.6 is 11.3 Å². The predicted molar refractivity (Wildman–Crippen MR) is 89.2 cm³/mol. The number of rotatable bonds is 5. The summed E-state index contributed by atoms with van der Waals surface area (Å²) in [5, 5.41) is 8.94. The van der Waals surface area contributed by atoms with E-state index >= 15 is 0 Å². The van der Waals surface area contributed by atoms with Crippen LogP contribution in [0.4, 0.5) is 11.6 Å². The number of aromatic nitrogens is 2. The molecule has 4 nitrogen and oxygen atoms in total. The Hall–Kier alpha value is -1.62. The van der Waals surface area contributed by atoms with Crippen molar-refractivity contribution >= 4 is 23.0 Å². The third-order valence-corrected chi connectivity index (χ3v) is 4.87. The third kappa shape index (κ3) is 3.18. The molecule has 0 radical (unpaired) electrons. The summed E-state index contributed by atoms with van der Waals surface area (Å²) in [5.74, 6) is 2.73. The van der Waals surface area contributed by atoms with Crippen LogP contribution in [0.15, 0.2) is 17.5 Å². The molecule has 2 aromatic rings. The van der Waals surface area contributed by atoms with Gasteiger partial charge in [0.1, 0.15) is 17.5 Å². The van der Waals surface area contributed by atoms with Gasteiger partial charge in [0.25, 0.3) is 0 Å². The van der Waals surface area contributed by atoms with E-state index < -0.39 is 0 Å². The van der Waals surface area contributed by atoms with E-state index in [1.165, 1.54) is 29.7 Å². The maximum absolute atomic E-state index is 4.66. The summed E-state index contributed by atoms with van der Waals surface area (Å²) in [4.78, 5) is 10.7. The summed E-state index contributed by atoms with van der Waals surface area (Å²) in [6.07, 6.45) is 5.61. The molecule has 0 spiro atoms. The van der Waals surface area contributed by atoms with E-state index in [4.69, 9.17) is 0 Å². The highest BCUT2D eigenvalue weighted by Gasteiger charge is 2.21. The largest absolute Gasteiger partial charge is 0.373 e. The minimum Gasteiger partial charge on any atom is -0.373 e. The molecular weight excluding hydrogens is 280 g/mol. The molecular formula is C16H22N4S. The van der Waals surface area contributed by atoms with Gasteiger partial charge >= 0.3 is 0 Å². The fourth-order valence-electron chi connectivity index (χ4n) is 2.85. The summed E-state index contributed by atoms with van der Waals surface area (Å²) in [6, 6.07) is 4.64. The number of aryl methyl sites for hydroxylation is 2. The molecule has 112 valence electrons. The van der Waals surface area contributed by atoms with Gasteiger partial charge in [0.05, 0.1) is 6.04 Å². The van der Waals surface area contributed by atoms with Gasteiger partial charge in [-0.25, -0.2) is 9.97 Å². The van der Waals surface area contributed by atoms with Crippen molar-refractivity contribution in [3.63, 3.8) is 0 Å². The summed E-state index contributed by atoms with van der Waals surface area (Å²) in [5.41, 5.74) is 1.45. The molecule has 3 rings (SSSR count). The molecule has 0 aromatic carbocycles. The second-order valence-electron chi connectivity index (χ2n) is 5.44. The van der Waals surface area contributed by atoms with Gasteiger partial charge in [0.2, 0.25) is 0 Å². The van der Waals surface area contributed by atoms with Gasteiger partial charge in [0.15, 0.2) is 0 Å². The lowest BCUT2D eigenvalue weighted by Gasteiger charge is -2.24. The van der Waals surface area contributed by atoms with Crippen LogP contribution in [0.25, 0.3) is 0 Å². The smallest absolute Gasteiger partial charge is 0.133 e. The second kappa shape index (κ2) is 6.43. The van der Waals surface area contributed by atoms with E-state index in [-0.39, 0.29) is 0 Å². The van der Waals surface area contributed by atoms with Crippen LogP contribution in [-0.4, -0.2) is 17.0 Å². The highest BCUT2D eigenvalue weighted by Crippen LogP contribution is 2.35. The second-order valence-corrected chi connectivity index (χ2v) is 6.44. The lowest BCUT2D eigenvalue weighted by Crippen LogP contribution is -2.17. The van der Waals surface area contributed by atoms with Crippen molar-refractivity contribution in [1.29, 1.82) is 0 Å². The number of anilines is 2. The molecule has 1 aliphatic carbocycles. The Morgan fingerprint density at radius 3 is 3.00 bits per heavy atom. The molecule has 1 atom stereocenters. The molecule has 0 saturated heterocycles. The molecule has 21 heavy (non-hydrogen) atoms. The van der Waals surface area contributed by atoms with E-state index in [1.807, 2.05) is 24.5 Å². The van der Waals surface area contributed by atoms with Gasteiger partial charge < -0.3 is 10.6 Å². The Morgan fingerprint density at radius 1 is 1.33 bits per heavy atom. The van der Waals surface area contributed by atoms with Gasteiger partial charge in [-0.2, -0.15) is 0 Å². The van der Waals surface area contributed by atoms with Crippen molar-refractivity contribution in [2.24, 2.45) is 0 Å². The molecule has 2 aromatic heterocycles. The molecule has 1 unspecified atom stereocenters. The fourth-order valence-corrected chi connectivity index (χ4v) is 3.84. The first kappa shape index (κ1) is 14.3. The lowest BCUT2D eigenvalue weighted by atomic mass is 9.94. The topological polar surface area (TPSA) is 49.8 Å². The van der Waals surface area contributed by atoms with E-state index in [2.05, 4.69) is 39.0 Å².